The summed E-state index contributed by atoms with van der Waals surface area (Å²) in [6.07, 6.45) is 0.0201. The molecule has 0 aliphatic rings. The maximum atomic E-state index is 10.7. The minimum atomic E-state index is -1.17. The third-order valence-electron chi connectivity index (χ3n) is 3.32. The number of amides is 1. The second kappa shape index (κ2) is 6.55. The summed E-state index contributed by atoms with van der Waals surface area (Å²) in [5, 5.41) is 15.3. The topological polar surface area (TPSA) is 92.0 Å². The normalized spacial score (nSPS) is 12.3. The number of benzene rings is 1. The van der Waals surface area contributed by atoms with E-state index in [1.807, 2.05) is 49.3 Å². The Kier molecular flexibility index (Phi) is 4.30. The van der Waals surface area contributed by atoms with Gasteiger partial charge in [-0.1, -0.05) is 30.3 Å². The number of hydrogen-bond donors (Lipinski definition) is 2. The molecule has 2 heterocycles. The van der Waals surface area contributed by atoms with E-state index >= 15 is 0 Å². The molecule has 2 aromatic heterocycles. The van der Waals surface area contributed by atoms with Crippen molar-refractivity contribution in [3.05, 3.63) is 54.2 Å². The predicted molar refractivity (Wildman–Crippen MR) is 88.1 cm³/mol. The van der Waals surface area contributed by atoms with E-state index in [9.17, 15) is 4.79 Å². The molecule has 24 heavy (non-hydrogen) atoms. The van der Waals surface area contributed by atoms with Crippen molar-refractivity contribution in [2.24, 2.45) is 0 Å². The Bertz CT molecular complexity index is 847. The van der Waals surface area contributed by atoms with E-state index in [2.05, 4.69) is 15.4 Å². The van der Waals surface area contributed by atoms with Crippen LogP contribution in [0.25, 0.3) is 5.65 Å². The number of imidazole rings is 1. The van der Waals surface area contributed by atoms with Crippen molar-refractivity contribution in [1.29, 1.82) is 0 Å². The number of nitrogens with zero attached hydrogens (tertiary/aromatic N) is 4. The molecule has 0 bridgehead atoms. The average molecular weight is 327 g/mol. The molecule has 0 fully saturated rings. The molecule has 8 heteroatoms. The zero-order valence-corrected chi connectivity index (χ0v) is 13.2. The van der Waals surface area contributed by atoms with Gasteiger partial charge in [-0.05, 0) is 20.2 Å². The minimum Gasteiger partial charge on any atom is -0.465 e. The highest BCUT2D eigenvalue weighted by Crippen LogP contribution is 2.22. The van der Waals surface area contributed by atoms with Crippen molar-refractivity contribution in [2.75, 3.05) is 19.4 Å². The molecule has 1 atom stereocenters. The molecule has 0 aliphatic carbocycles. The van der Waals surface area contributed by atoms with Gasteiger partial charge in [0.2, 0.25) is 5.88 Å². The SMILES string of the molecule is CN(C)C(Oc1ccc2nc(NC(=O)O)cn2n1)c1ccccc1. The van der Waals surface area contributed by atoms with Crippen molar-refractivity contribution >= 4 is 17.6 Å². The molecule has 0 radical (unpaired) electrons. The van der Waals surface area contributed by atoms with E-state index < -0.39 is 6.09 Å². The average Bonchev–Trinajstić information content (AvgIpc) is 2.93. The van der Waals surface area contributed by atoms with Crippen LogP contribution in [0.4, 0.5) is 10.6 Å². The van der Waals surface area contributed by atoms with Crippen LogP contribution < -0.4 is 10.1 Å². The van der Waals surface area contributed by atoms with Crippen molar-refractivity contribution in [2.45, 2.75) is 6.23 Å². The fourth-order valence-corrected chi connectivity index (χ4v) is 2.30. The number of anilines is 1. The van der Waals surface area contributed by atoms with Gasteiger partial charge in [-0.25, -0.2) is 14.3 Å². The monoisotopic (exact) mass is 327 g/mol. The van der Waals surface area contributed by atoms with E-state index in [1.54, 1.807) is 12.1 Å². The first-order chi connectivity index (χ1) is 11.5. The zero-order valence-electron chi connectivity index (χ0n) is 13.2. The van der Waals surface area contributed by atoms with Crippen LogP contribution in [0.1, 0.15) is 11.8 Å². The molecule has 1 unspecified atom stereocenters. The second-order valence-electron chi connectivity index (χ2n) is 5.38. The first kappa shape index (κ1) is 15.8. The molecule has 3 rings (SSSR count). The Labute approximate surface area is 138 Å². The molecule has 8 nitrogen and oxygen atoms in total. The number of hydrogen-bond acceptors (Lipinski definition) is 5. The van der Waals surface area contributed by atoms with Crippen molar-refractivity contribution in [3.63, 3.8) is 0 Å². The molecule has 1 aromatic carbocycles. The van der Waals surface area contributed by atoms with E-state index in [0.717, 1.165) is 5.56 Å². The molecule has 124 valence electrons. The Morgan fingerprint density at radius 1 is 1.25 bits per heavy atom. The number of aromatic nitrogens is 3. The van der Waals surface area contributed by atoms with Gasteiger partial charge < -0.3 is 9.84 Å². The van der Waals surface area contributed by atoms with Crippen LogP contribution in [0.3, 0.4) is 0 Å². The Balaban J connectivity index is 1.86. The summed E-state index contributed by atoms with van der Waals surface area (Å²) in [5.41, 5.74) is 1.52. The fourth-order valence-electron chi connectivity index (χ4n) is 2.30. The third-order valence-corrected chi connectivity index (χ3v) is 3.32. The Morgan fingerprint density at radius 3 is 2.67 bits per heavy atom. The van der Waals surface area contributed by atoms with Gasteiger partial charge >= 0.3 is 6.09 Å². The van der Waals surface area contributed by atoms with Gasteiger partial charge in [0, 0.05) is 11.6 Å². The lowest BCUT2D eigenvalue weighted by molar-refractivity contribution is 0.0582. The number of fused-ring (bicyclic) bond motifs is 1. The van der Waals surface area contributed by atoms with E-state index in [-0.39, 0.29) is 12.0 Å². The molecular formula is C16H17N5O3. The molecule has 0 saturated heterocycles. The van der Waals surface area contributed by atoms with Crippen LogP contribution in [0.15, 0.2) is 48.7 Å². The highest BCUT2D eigenvalue weighted by Gasteiger charge is 2.17. The van der Waals surface area contributed by atoms with Gasteiger partial charge in [-0.3, -0.25) is 10.2 Å². The first-order valence-electron chi connectivity index (χ1n) is 7.27. The number of carboxylic acid groups (broad SMARTS) is 1. The molecular weight excluding hydrogens is 310 g/mol. The largest absolute Gasteiger partial charge is 0.465 e. The molecule has 0 aliphatic heterocycles. The lowest BCUT2D eigenvalue weighted by atomic mass is 10.2. The molecule has 2 N–H and O–H groups in total. The van der Waals surface area contributed by atoms with E-state index in [1.165, 1.54) is 10.7 Å². The standard InChI is InChI=1S/C16H17N5O3/c1-20(2)15(11-6-4-3-5-7-11)24-14-9-8-13-17-12(18-16(22)23)10-21(13)19-14/h3-10,15,18H,1-2H3,(H,22,23). The fraction of sp³-hybridized carbons (Fsp3) is 0.188. The van der Waals surface area contributed by atoms with Gasteiger partial charge in [0.15, 0.2) is 17.7 Å². The molecule has 1 amide bonds. The summed E-state index contributed by atoms with van der Waals surface area (Å²) < 4.78 is 7.46. The summed E-state index contributed by atoms with van der Waals surface area (Å²) >= 11 is 0. The smallest absolute Gasteiger partial charge is 0.410 e. The van der Waals surface area contributed by atoms with Gasteiger partial charge in [0.05, 0.1) is 6.20 Å². The van der Waals surface area contributed by atoms with Gasteiger partial charge in [-0.15, -0.1) is 5.10 Å². The second-order valence-corrected chi connectivity index (χ2v) is 5.38. The lowest BCUT2D eigenvalue weighted by Gasteiger charge is -2.25. The molecule has 0 saturated carbocycles. The van der Waals surface area contributed by atoms with Gasteiger partial charge in [0.1, 0.15) is 0 Å². The van der Waals surface area contributed by atoms with Crippen LogP contribution in [0.2, 0.25) is 0 Å². The maximum absolute atomic E-state index is 10.7. The summed E-state index contributed by atoms with van der Waals surface area (Å²) in [7, 11) is 3.84. The number of carbonyl (C=O) groups is 1. The summed E-state index contributed by atoms with van der Waals surface area (Å²) in [5.74, 6) is 0.615. The highest BCUT2D eigenvalue weighted by molar-refractivity contribution is 5.81. The summed E-state index contributed by atoms with van der Waals surface area (Å²) in [4.78, 5) is 16.7. The van der Waals surface area contributed by atoms with E-state index in [4.69, 9.17) is 9.84 Å². The van der Waals surface area contributed by atoms with Crippen molar-refractivity contribution in [1.82, 2.24) is 19.5 Å². The maximum Gasteiger partial charge on any atom is 0.410 e. The Hall–Kier alpha value is -3.13. The number of rotatable bonds is 5. The summed E-state index contributed by atoms with van der Waals surface area (Å²) in [6, 6.07) is 13.2. The highest BCUT2D eigenvalue weighted by atomic mass is 16.5. The number of ether oxygens (including phenoxy) is 1. The van der Waals surface area contributed by atoms with Crippen molar-refractivity contribution < 1.29 is 14.6 Å². The van der Waals surface area contributed by atoms with Gasteiger partial charge in [0.25, 0.3) is 0 Å². The minimum absolute atomic E-state index is 0.208. The zero-order chi connectivity index (χ0) is 17.1. The van der Waals surface area contributed by atoms with Crippen LogP contribution in [0.5, 0.6) is 5.88 Å². The molecule has 3 aromatic rings. The first-order valence-corrected chi connectivity index (χ1v) is 7.27. The third kappa shape index (κ3) is 3.44. The van der Waals surface area contributed by atoms with Crippen LogP contribution in [-0.4, -0.2) is 44.8 Å². The van der Waals surface area contributed by atoms with E-state index in [0.29, 0.717) is 11.5 Å². The van der Waals surface area contributed by atoms with Crippen LogP contribution in [0, 0.1) is 0 Å². The summed E-state index contributed by atoms with van der Waals surface area (Å²) in [6.45, 7) is 0. The lowest BCUT2D eigenvalue weighted by Crippen LogP contribution is -2.25. The number of nitrogens with one attached hydrogen (secondary N) is 1. The Morgan fingerprint density at radius 2 is 2.00 bits per heavy atom. The van der Waals surface area contributed by atoms with Gasteiger partial charge in [-0.2, -0.15) is 0 Å². The van der Waals surface area contributed by atoms with Crippen molar-refractivity contribution in [3.8, 4) is 5.88 Å². The van der Waals surface area contributed by atoms with Crippen LogP contribution in [-0.2, 0) is 0 Å². The van der Waals surface area contributed by atoms with Crippen LogP contribution >= 0.6 is 0 Å². The predicted octanol–water partition coefficient (Wildman–Crippen LogP) is 2.46. The molecule has 0 spiro atoms. The quantitative estimate of drug-likeness (QED) is 0.699.